The molecule has 0 amide bonds. The average Bonchev–Trinajstić information content (AvgIpc) is 2.76. The van der Waals surface area contributed by atoms with Gasteiger partial charge in [-0.3, -0.25) is 10.1 Å². The van der Waals surface area contributed by atoms with Gasteiger partial charge in [-0.1, -0.05) is 23.4 Å². The molecule has 0 aliphatic carbocycles. The zero-order valence-corrected chi connectivity index (χ0v) is 8.48. The van der Waals surface area contributed by atoms with Gasteiger partial charge in [-0.05, 0) is 12.1 Å². The van der Waals surface area contributed by atoms with Crippen molar-refractivity contribution in [3.05, 3.63) is 52.3 Å². The van der Waals surface area contributed by atoms with Gasteiger partial charge in [0.1, 0.15) is 0 Å². The second kappa shape index (κ2) is 4.52. The minimum Gasteiger partial charge on any atom is -0.265 e. The first-order valence-corrected chi connectivity index (χ1v) is 4.84. The molecule has 0 radical (unpaired) electrons. The molecule has 16 heavy (non-hydrogen) atoms. The van der Waals surface area contributed by atoms with Gasteiger partial charge < -0.3 is 0 Å². The number of nitro groups is 1. The van der Waals surface area contributed by atoms with Gasteiger partial charge in [0.2, 0.25) is 6.54 Å². The number of rotatable bonds is 4. The second-order valence-electron chi connectivity index (χ2n) is 3.30. The lowest BCUT2D eigenvalue weighted by molar-refractivity contribution is -0.479. The van der Waals surface area contributed by atoms with Crippen LogP contribution in [0.1, 0.15) is 5.69 Å². The summed E-state index contributed by atoms with van der Waals surface area (Å²) < 4.78 is 1.61. The van der Waals surface area contributed by atoms with E-state index in [9.17, 15) is 10.1 Å². The van der Waals surface area contributed by atoms with Crippen LogP contribution in [0.2, 0.25) is 0 Å². The summed E-state index contributed by atoms with van der Waals surface area (Å²) in [5.74, 6) is 0. The summed E-state index contributed by atoms with van der Waals surface area (Å²) in [5, 5.41) is 18.0. The molecule has 0 bridgehead atoms. The van der Waals surface area contributed by atoms with Crippen LogP contribution in [0.4, 0.5) is 0 Å². The fourth-order valence-electron chi connectivity index (χ4n) is 1.33. The minimum absolute atomic E-state index is 0.118. The topological polar surface area (TPSA) is 73.8 Å². The molecule has 1 aromatic carbocycles. The normalized spacial score (nSPS) is 10.2. The zero-order valence-electron chi connectivity index (χ0n) is 8.48. The molecule has 6 nitrogen and oxygen atoms in total. The van der Waals surface area contributed by atoms with Gasteiger partial charge in [-0.15, -0.1) is 5.10 Å². The molecule has 0 unspecified atom stereocenters. The van der Waals surface area contributed by atoms with Crippen molar-refractivity contribution in [2.75, 3.05) is 6.54 Å². The van der Waals surface area contributed by atoms with Gasteiger partial charge >= 0.3 is 0 Å². The van der Waals surface area contributed by atoms with E-state index in [0.717, 1.165) is 5.69 Å². The average molecular weight is 218 g/mol. The Morgan fingerprint density at radius 3 is 2.75 bits per heavy atom. The quantitative estimate of drug-likeness (QED) is 0.568. The smallest absolute Gasteiger partial charge is 0.209 e. The Kier molecular flexibility index (Phi) is 2.90. The van der Waals surface area contributed by atoms with Gasteiger partial charge in [-0.25, -0.2) is 4.68 Å². The van der Waals surface area contributed by atoms with E-state index in [1.165, 1.54) is 0 Å². The fraction of sp³-hybridized carbons (Fsp3) is 0.200. The molecule has 0 spiro atoms. The molecule has 1 aromatic heterocycles. The maximum Gasteiger partial charge on any atom is 0.209 e. The Morgan fingerprint density at radius 1 is 1.31 bits per heavy atom. The molecule has 0 saturated carbocycles. The summed E-state index contributed by atoms with van der Waals surface area (Å²) in [6, 6.07) is 9.49. The van der Waals surface area contributed by atoms with E-state index in [2.05, 4.69) is 10.3 Å². The first-order chi connectivity index (χ1) is 7.75. The Hall–Kier alpha value is -2.24. The molecule has 0 atom stereocenters. The van der Waals surface area contributed by atoms with Crippen LogP contribution < -0.4 is 0 Å². The highest BCUT2D eigenvalue weighted by Gasteiger charge is 2.05. The number of benzene rings is 1. The summed E-state index contributed by atoms with van der Waals surface area (Å²) in [5.41, 5.74) is 1.52. The van der Waals surface area contributed by atoms with Crippen LogP contribution in [-0.4, -0.2) is 26.5 Å². The molecule has 82 valence electrons. The summed E-state index contributed by atoms with van der Waals surface area (Å²) >= 11 is 0. The van der Waals surface area contributed by atoms with E-state index in [0.29, 0.717) is 12.1 Å². The predicted molar refractivity (Wildman–Crippen MR) is 56.9 cm³/mol. The third-order valence-corrected chi connectivity index (χ3v) is 2.11. The van der Waals surface area contributed by atoms with Gasteiger partial charge in [-0.2, -0.15) is 0 Å². The summed E-state index contributed by atoms with van der Waals surface area (Å²) in [4.78, 5) is 9.84. The largest absolute Gasteiger partial charge is 0.265 e. The maximum atomic E-state index is 10.2. The molecule has 2 aromatic rings. The van der Waals surface area contributed by atoms with E-state index in [1.54, 1.807) is 10.9 Å². The molecule has 2 rings (SSSR count). The van der Waals surface area contributed by atoms with E-state index < -0.39 is 0 Å². The molecule has 0 saturated heterocycles. The van der Waals surface area contributed by atoms with Crippen molar-refractivity contribution < 1.29 is 4.92 Å². The lowest BCUT2D eigenvalue weighted by Gasteiger charge is -1.96. The van der Waals surface area contributed by atoms with Crippen LogP contribution in [0.25, 0.3) is 5.69 Å². The summed E-state index contributed by atoms with van der Waals surface area (Å²) in [6.07, 6.45) is 2.01. The van der Waals surface area contributed by atoms with Gasteiger partial charge in [0.05, 0.1) is 24.0 Å². The number of hydrogen-bond donors (Lipinski definition) is 0. The van der Waals surface area contributed by atoms with Crippen molar-refractivity contribution in [1.82, 2.24) is 15.0 Å². The predicted octanol–water partition coefficient (Wildman–Crippen LogP) is 1.09. The standard InChI is InChI=1S/C10H10N4O2/c15-14(16)7-6-9-8-13(12-11-9)10-4-2-1-3-5-10/h1-5,8H,6-7H2. The Labute approximate surface area is 91.7 Å². The number of aromatic nitrogens is 3. The van der Waals surface area contributed by atoms with Crippen molar-refractivity contribution in [2.24, 2.45) is 0 Å². The molecule has 0 aliphatic heterocycles. The Balaban J connectivity index is 2.11. The van der Waals surface area contributed by atoms with Crippen LogP contribution in [0, 0.1) is 10.1 Å². The van der Waals surface area contributed by atoms with Gasteiger partial charge in [0, 0.05) is 4.92 Å². The highest BCUT2D eigenvalue weighted by atomic mass is 16.6. The highest BCUT2D eigenvalue weighted by molar-refractivity contribution is 5.29. The molecule has 1 heterocycles. The van der Waals surface area contributed by atoms with Crippen molar-refractivity contribution in [3.63, 3.8) is 0 Å². The third-order valence-electron chi connectivity index (χ3n) is 2.11. The SMILES string of the molecule is O=[N+]([O-])CCc1cn(-c2ccccc2)nn1. The summed E-state index contributed by atoms with van der Waals surface area (Å²) in [6.45, 7) is -0.118. The zero-order chi connectivity index (χ0) is 11.4. The number of nitrogens with zero attached hydrogens (tertiary/aromatic N) is 4. The monoisotopic (exact) mass is 218 g/mol. The van der Waals surface area contributed by atoms with Crippen molar-refractivity contribution in [3.8, 4) is 5.69 Å². The van der Waals surface area contributed by atoms with E-state index in [-0.39, 0.29) is 11.5 Å². The molecule has 0 aliphatic rings. The molecule has 6 heteroatoms. The van der Waals surface area contributed by atoms with Crippen LogP contribution in [-0.2, 0) is 6.42 Å². The van der Waals surface area contributed by atoms with Gasteiger partial charge in [0.15, 0.2) is 0 Å². The van der Waals surface area contributed by atoms with E-state index >= 15 is 0 Å². The number of hydrogen-bond acceptors (Lipinski definition) is 4. The third kappa shape index (κ3) is 2.41. The molecular weight excluding hydrogens is 208 g/mol. The lowest BCUT2D eigenvalue weighted by Crippen LogP contribution is -2.04. The first-order valence-electron chi connectivity index (χ1n) is 4.84. The summed E-state index contributed by atoms with van der Waals surface area (Å²) in [7, 11) is 0. The van der Waals surface area contributed by atoms with Crippen LogP contribution in [0.5, 0.6) is 0 Å². The van der Waals surface area contributed by atoms with Crippen LogP contribution in [0.3, 0.4) is 0 Å². The van der Waals surface area contributed by atoms with E-state index in [1.807, 2.05) is 30.3 Å². The van der Waals surface area contributed by atoms with Crippen LogP contribution in [0.15, 0.2) is 36.5 Å². The van der Waals surface area contributed by atoms with Crippen molar-refractivity contribution >= 4 is 0 Å². The molecular formula is C10H10N4O2. The molecule has 0 N–H and O–H groups in total. The Bertz CT molecular complexity index is 481. The van der Waals surface area contributed by atoms with E-state index in [4.69, 9.17) is 0 Å². The Morgan fingerprint density at radius 2 is 2.06 bits per heavy atom. The highest BCUT2D eigenvalue weighted by Crippen LogP contribution is 2.05. The minimum atomic E-state index is -0.360. The second-order valence-corrected chi connectivity index (χ2v) is 3.30. The number of para-hydroxylation sites is 1. The fourth-order valence-corrected chi connectivity index (χ4v) is 1.33. The maximum absolute atomic E-state index is 10.2. The lowest BCUT2D eigenvalue weighted by atomic mass is 10.3. The van der Waals surface area contributed by atoms with Crippen LogP contribution >= 0.6 is 0 Å². The van der Waals surface area contributed by atoms with Crippen molar-refractivity contribution in [1.29, 1.82) is 0 Å². The van der Waals surface area contributed by atoms with Gasteiger partial charge in [0.25, 0.3) is 0 Å². The first kappa shape index (κ1) is 10.3. The molecule has 0 fully saturated rings. The van der Waals surface area contributed by atoms with Crippen molar-refractivity contribution in [2.45, 2.75) is 6.42 Å².